The Labute approximate surface area is 209 Å². The average Bonchev–Trinajstić information content (AvgIpc) is 2.88. The lowest BCUT2D eigenvalue weighted by Crippen LogP contribution is -2.57. The third-order valence-electron chi connectivity index (χ3n) is 6.18. The predicted molar refractivity (Wildman–Crippen MR) is 127 cm³/mol. The number of benzene rings is 2. The maximum atomic E-state index is 13.1. The van der Waals surface area contributed by atoms with Gasteiger partial charge >= 0.3 is 12.1 Å². The van der Waals surface area contributed by atoms with Gasteiger partial charge in [-0.3, -0.25) is 25.0 Å². The number of ether oxygens (including phenoxy) is 1. The number of anilines is 1. The molecule has 0 radical (unpaired) electrons. The molecule has 1 N–H and O–H groups in total. The second-order valence-corrected chi connectivity index (χ2v) is 8.49. The van der Waals surface area contributed by atoms with Gasteiger partial charge in [0.2, 0.25) is 11.9 Å². The molecule has 4 rings (SSSR count). The number of halogens is 3. The summed E-state index contributed by atoms with van der Waals surface area (Å²) in [6, 6.07) is 9.58. The number of hydrogen-bond acceptors (Lipinski definition) is 8. The molecule has 0 aliphatic carbocycles. The molecule has 2 heterocycles. The van der Waals surface area contributed by atoms with Gasteiger partial charge in [-0.2, -0.15) is 13.2 Å². The van der Waals surface area contributed by atoms with Crippen LogP contribution in [0.25, 0.3) is 0 Å². The standard InChI is InChI=1S/C24H24F3N5O5/c1-2-37-22(34)19-20(15-5-3-8-18(13-15)32(35)36)28-23(29-21(19)33)31-11-9-30(10-12-31)17-7-4-6-16(14-17)24(25,26)27/h3-8,13-14,19-20H,2,9-12H2,1H3,(H,28,29,33). The number of rotatable bonds is 5. The first-order valence-electron chi connectivity index (χ1n) is 11.5. The van der Waals surface area contributed by atoms with Gasteiger partial charge in [0, 0.05) is 44.0 Å². The van der Waals surface area contributed by atoms with Crippen LogP contribution < -0.4 is 10.2 Å². The van der Waals surface area contributed by atoms with Crippen molar-refractivity contribution in [3.8, 4) is 0 Å². The van der Waals surface area contributed by atoms with Crippen LogP contribution in [0.2, 0.25) is 0 Å². The van der Waals surface area contributed by atoms with E-state index in [1.54, 1.807) is 28.9 Å². The van der Waals surface area contributed by atoms with E-state index in [9.17, 15) is 32.9 Å². The van der Waals surface area contributed by atoms with E-state index in [-0.39, 0.29) is 18.3 Å². The molecule has 2 atom stereocenters. The summed E-state index contributed by atoms with van der Waals surface area (Å²) in [5.74, 6) is -2.60. The van der Waals surface area contributed by atoms with E-state index in [2.05, 4.69) is 10.3 Å². The number of guanidine groups is 1. The van der Waals surface area contributed by atoms with Crippen LogP contribution in [-0.2, 0) is 20.5 Å². The number of nitro benzene ring substituents is 1. The quantitative estimate of drug-likeness (QED) is 0.279. The first-order valence-corrected chi connectivity index (χ1v) is 11.5. The summed E-state index contributed by atoms with van der Waals surface area (Å²) in [6.07, 6.45) is -4.45. The number of nitro groups is 1. The highest BCUT2D eigenvalue weighted by atomic mass is 19.4. The van der Waals surface area contributed by atoms with E-state index in [0.717, 1.165) is 12.1 Å². The number of piperazine rings is 1. The molecule has 37 heavy (non-hydrogen) atoms. The second kappa shape index (κ2) is 10.4. The highest BCUT2D eigenvalue weighted by Gasteiger charge is 2.42. The number of carbonyl (C=O) groups is 2. The number of amides is 1. The molecule has 0 aromatic heterocycles. The molecule has 1 fully saturated rings. The van der Waals surface area contributed by atoms with Crippen LogP contribution in [0.15, 0.2) is 53.5 Å². The fraction of sp³-hybridized carbons (Fsp3) is 0.375. The summed E-state index contributed by atoms with van der Waals surface area (Å²) >= 11 is 0. The molecule has 13 heteroatoms. The third kappa shape index (κ3) is 5.65. The number of aliphatic imine (C=N–C) groups is 1. The first-order chi connectivity index (χ1) is 17.6. The summed E-state index contributed by atoms with van der Waals surface area (Å²) in [4.78, 5) is 44.5. The molecule has 0 bridgehead atoms. The Balaban J connectivity index is 1.57. The van der Waals surface area contributed by atoms with Crippen LogP contribution in [0.1, 0.15) is 24.1 Å². The van der Waals surface area contributed by atoms with Crippen LogP contribution in [-0.4, -0.2) is 60.4 Å². The Kier molecular flexibility index (Phi) is 7.32. The minimum Gasteiger partial charge on any atom is -0.465 e. The minimum absolute atomic E-state index is 0.0400. The Bertz CT molecular complexity index is 1230. The van der Waals surface area contributed by atoms with Gasteiger partial charge in [0.25, 0.3) is 5.69 Å². The molecule has 2 aromatic rings. The van der Waals surface area contributed by atoms with Gasteiger partial charge < -0.3 is 14.5 Å². The Morgan fingerprint density at radius 1 is 1.14 bits per heavy atom. The summed E-state index contributed by atoms with van der Waals surface area (Å²) in [7, 11) is 0. The van der Waals surface area contributed by atoms with Gasteiger partial charge in [0.15, 0.2) is 5.92 Å². The van der Waals surface area contributed by atoms with Gasteiger partial charge in [0.05, 0.1) is 17.1 Å². The highest BCUT2D eigenvalue weighted by molar-refractivity contribution is 6.08. The lowest BCUT2D eigenvalue weighted by Gasteiger charge is -2.39. The SMILES string of the molecule is CCOC(=O)C1C(=O)NC(N2CCN(c3cccc(C(F)(F)F)c3)CC2)=NC1c1cccc([N+](=O)[O-])c1. The van der Waals surface area contributed by atoms with Crippen molar-refractivity contribution in [1.29, 1.82) is 0 Å². The Morgan fingerprint density at radius 3 is 2.46 bits per heavy atom. The first kappa shape index (κ1) is 25.9. The van der Waals surface area contributed by atoms with E-state index >= 15 is 0 Å². The maximum absolute atomic E-state index is 13.1. The number of hydrogen-bond donors (Lipinski definition) is 1. The number of alkyl halides is 3. The molecular formula is C24H24F3N5O5. The van der Waals surface area contributed by atoms with Crippen molar-refractivity contribution in [3.63, 3.8) is 0 Å². The third-order valence-corrected chi connectivity index (χ3v) is 6.18. The lowest BCUT2D eigenvalue weighted by atomic mass is 9.91. The van der Waals surface area contributed by atoms with Gasteiger partial charge in [-0.1, -0.05) is 18.2 Å². The zero-order chi connectivity index (χ0) is 26.7. The molecule has 2 aliphatic heterocycles. The minimum atomic E-state index is -4.45. The normalized spacial score (nSPS) is 20.2. The fourth-order valence-electron chi connectivity index (χ4n) is 4.34. The average molecular weight is 519 g/mol. The smallest absolute Gasteiger partial charge is 0.416 e. The van der Waals surface area contributed by atoms with Crippen LogP contribution >= 0.6 is 0 Å². The van der Waals surface area contributed by atoms with E-state index in [1.807, 2.05) is 0 Å². The maximum Gasteiger partial charge on any atom is 0.416 e. The molecule has 1 amide bonds. The van der Waals surface area contributed by atoms with E-state index in [1.165, 1.54) is 24.3 Å². The van der Waals surface area contributed by atoms with Crippen molar-refractivity contribution in [2.75, 3.05) is 37.7 Å². The summed E-state index contributed by atoms with van der Waals surface area (Å²) in [5.41, 5.74) is -0.207. The van der Waals surface area contributed by atoms with E-state index in [0.29, 0.717) is 37.4 Å². The molecule has 2 unspecified atom stereocenters. The highest BCUT2D eigenvalue weighted by Crippen LogP contribution is 2.34. The fourth-order valence-corrected chi connectivity index (χ4v) is 4.34. The van der Waals surface area contributed by atoms with Gasteiger partial charge in [-0.25, -0.2) is 4.99 Å². The summed E-state index contributed by atoms with van der Waals surface area (Å²) in [5, 5.41) is 13.9. The van der Waals surface area contributed by atoms with Crippen LogP contribution in [0, 0.1) is 16.0 Å². The number of nitrogens with zero attached hydrogens (tertiary/aromatic N) is 4. The molecule has 1 saturated heterocycles. The Morgan fingerprint density at radius 2 is 1.81 bits per heavy atom. The van der Waals surface area contributed by atoms with Gasteiger partial charge in [0.1, 0.15) is 6.04 Å². The summed E-state index contributed by atoms with van der Waals surface area (Å²) < 4.78 is 44.4. The van der Waals surface area contributed by atoms with Crippen molar-refractivity contribution < 1.29 is 32.4 Å². The largest absolute Gasteiger partial charge is 0.465 e. The summed E-state index contributed by atoms with van der Waals surface area (Å²) in [6.45, 7) is 3.03. The van der Waals surface area contributed by atoms with Crippen LogP contribution in [0.4, 0.5) is 24.5 Å². The van der Waals surface area contributed by atoms with E-state index in [4.69, 9.17) is 4.74 Å². The van der Waals surface area contributed by atoms with Crippen LogP contribution in [0.3, 0.4) is 0 Å². The second-order valence-electron chi connectivity index (χ2n) is 8.49. The Hall–Kier alpha value is -4.16. The van der Waals surface area contributed by atoms with Gasteiger partial charge in [-0.05, 0) is 30.7 Å². The predicted octanol–water partition coefficient (Wildman–Crippen LogP) is 3.14. The van der Waals surface area contributed by atoms with Crippen molar-refractivity contribution >= 4 is 29.2 Å². The monoisotopic (exact) mass is 519 g/mol. The zero-order valence-electron chi connectivity index (χ0n) is 19.8. The van der Waals surface area contributed by atoms with Gasteiger partial charge in [-0.15, -0.1) is 0 Å². The van der Waals surface area contributed by atoms with Crippen molar-refractivity contribution in [1.82, 2.24) is 10.2 Å². The number of non-ortho nitro benzene ring substituents is 1. The molecule has 2 aromatic carbocycles. The van der Waals surface area contributed by atoms with Crippen molar-refractivity contribution in [3.05, 3.63) is 69.8 Å². The topological polar surface area (TPSA) is 117 Å². The zero-order valence-corrected chi connectivity index (χ0v) is 19.8. The van der Waals surface area contributed by atoms with Crippen molar-refractivity contribution in [2.24, 2.45) is 10.9 Å². The number of nitrogens with one attached hydrogen (secondary N) is 1. The molecule has 10 nitrogen and oxygen atoms in total. The molecule has 2 aliphatic rings. The number of esters is 1. The van der Waals surface area contributed by atoms with Crippen LogP contribution in [0.5, 0.6) is 0 Å². The molecular weight excluding hydrogens is 495 g/mol. The van der Waals surface area contributed by atoms with E-state index < -0.39 is 40.5 Å². The van der Waals surface area contributed by atoms with Crippen molar-refractivity contribution in [2.45, 2.75) is 19.1 Å². The number of carbonyl (C=O) groups excluding carboxylic acids is 2. The lowest BCUT2D eigenvalue weighted by molar-refractivity contribution is -0.384. The molecule has 0 saturated carbocycles. The molecule has 196 valence electrons. The molecule has 0 spiro atoms.